The van der Waals surface area contributed by atoms with Crippen molar-refractivity contribution in [1.29, 1.82) is 0 Å². The molecule has 0 amide bonds. The number of carbonyl (C=O) groups excluding carboxylic acids is 1. The molecule has 1 aliphatic carbocycles. The second-order valence-corrected chi connectivity index (χ2v) is 5.86. The Balaban J connectivity index is 2.71. The summed E-state index contributed by atoms with van der Waals surface area (Å²) in [6.07, 6.45) is 0.383. The van der Waals surface area contributed by atoms with Crippen molar-refractivity contribution in [3.05, 3.63) is 28.8 Å². The molecule has 0 radical (unpaired) electrons. The molecule has 1 aliphatic rings. The van der Waals surface area contributed by atoms with Gasteiger partial charge in [0.05, 0.1) is 7.11 Å². The summed E-state index contributed by atoms with van der Waals surface area (Å²) in [5, 5.41) is 10.9. The Morgan fingerprint density at radius 2 is 2.05 bits per heavy atom. The smallest absolute Gasteiger partial charge is 0.169 e. The molecule has 2 unspecified atom stereocenters. The van der Waals surface area contributed by atoms with Crippen molar-refractivity contribution < 1.29 is 14.6 Å². The number of carbonyl (C=O) groups is 1. The van der Waals surface area contributed by atoms with Gasteiger partial charge in [0.1, 0.15) is 5.75 Å². The monoisotopic (exact) mass is 262 g/mol. The summed E-state index contributed by atoms with van der Waals surface area (Å²) in [6, 6.07) is 3.87. The molecule has 3 nitrogen and oxygen atoms in total. The lowest BCUT2D eigenvalue weighted by atomic mass is 9.68. The topological polar surface area (TPSA) is 46.5 Å². The van der Waals surface area contributed by atoms with Crippen molar-refractivity contribution in [1.82, 2.24) is 0 Å². The SMILES string of the molecule is COc1cc2c(cc1C)C(O)(C(C)C)C(=O)CC2C. The van der Waals surface area contributed by atoms with Gasteiger partial charge in [-0.25, -0.2) is 0 Å². The highest BCUT2D eigenvalue weighted by atomic mass is 16.5. The molecule has 2 rings (SSSR count). The highest BCUT2D eigenvalue weighted by Crippen LogP contribution is 2.45. The van der Waals surface area contributed by atoms with Crippen LogP contribution in [0.3, 0.4) is 0 Å². The van der Waals surface area contributed by atoms with Crippen LogP contribution in [-0.2, 0) is 10.4 Å². The third kappa shape index (κ3) is 1.96. The summed E-state index contributed by atoms with van der Waals surface area (Å²) >= 11 is 0. The van der Waals surface area contributed by atoms with Crippen LogP contribution < -0.4 is 4.74 Å². The van der Waals surface area contributed by atoms with Crippen LogP contribution in [0.25, 0.3) is 0 Å². The lowest BCUT2D eigenvalue weighted by Crippen LogP contribution is -2.45. The van der Waals surface area contributed by atoms with Crippen LogP contribution in [0, 0.1) is 12.8 Å². The van der Waals surface area contributed by atoms with Gasteiger partial charge in [0.2, 0.25) is 0 Å². The molecule has 0 fully saturated rings. The predicted molar refractivity (Wildman–Crippen MR) is 74.5 cm³/mol. The van der Waals surface area contributed by atoms with Crippen molar-refractivity contribution in [2.24, 2.45) is 5.92 Å². The first-order valence-electron chi connectivity index (χ1n) is 6.77. The molecule has 3 heteroatoms. The van der Waals surface area contributed by atoms with Gasteiger partial charge in [0.25, 0.3) is 0 Å². The maximum Gasteiger partial charge on any atom is 0.169 e. The van der Waals surface area contributed by atoms with Crippen LogP contribution in [0.4, 0.5) is 0 Å². The highest BCUT2D eigenvalue weighted by molar-refractivity contribution is 5.91. The van der Waals surface area contributed by atoms with E-state index in [9.17, 15) is 9.90 Å². The Morgan fingerprint density at radius 3 is 2.58 bits per heavy atom. The van der Waals surface area contributed by atoms with E-state index in [4.69, 9.17) is 4.74 Å². The minimum atomic E-state index is -1.36. The standard InChI is InChI=1S/C16H22O3/c1-9(2)16(18)13-6-11(4)14(19-5)8-12(13)10(3)7-15(16)17/h6,8-10,18H,7H2,1-5H3. The van der Waals surface area contributed by atoms with Crippen LogP contribution in [0.5, 0.6) is 5.75 Å². The Hall–Kier alpha value is -1.35. The summed E-state index contributed by atoms with van der Waals surface area (Å²) in [4.78, 5) is 12.3. The maximum absolute atomic E-state index is 12.3. The molecule has 1 aromatic carbocycles. The molecular formula is C16H22O3. The lowest BCUT2D eigenvalue weighted by Gasteiger charge is -2.39. The van der Waals surface area contributed by atoms with Crippen LogP contribution >= 0.6 is 0 Å². The van der Waals surface area contributed by atoms with Crippen molar-refractivity contribution in [3.63, 3.8) is 0 Å². The number of aliphatic hydroxyl groups is 1. The molecule has 0 saturated carbocycles. The summed E-state index contributed by atoms with van der Waals surface area (Å²) in [7, 11) is 1.64. The van der Waals surface area contributed by atoms with Gasteiger partial charge in [0.15, 0.2) is 11.4 Å². The van der Waals surface area contributed by atoms with Crippen LogP contribution in [0.1, 0.15) is 49.8 Å². The molecule has 2 atom stereocenters. The predicted octanol–water partition coefficient (Wildman–Crippen LogP) is 2.92. The first kappa shape index (κ1) is 14.1. The number of ketones is 1. The zero-order valence-corrected chi connectivity index (χ0v) is 12.3. The van der Waals surface area contributed by atoms with E-state index in [1.165, 1.54) is 0 Å². The number of Topliss-reactive ketones (excluding diaryl/α,β-unsaturated/α-hetero) is 1. The van der Waals surface area contributed by atoms with E-state index in [1.54, 1.807) is 7.11 Å². The number of benzene rings is 1. The summed E-state index contributed by atoms with van der Waals surface area (Å²) in [6.45, 7) is 7.73. The molecule has 0 saturated heterocycles. The second-order valence-electron chi connectivity index (χ2n) is 5.86. The van der Waals surface area contributed by atoms with Crippen molar-refractivity contribution in [2.45, 2.75) is 45.6 Å². The number of aryl methyl sites for hydroxylation is 1. The van der Waals surface area contributed by atoms with E-state index in [-0.39, 0.29) is 17.6 Å². The summed E-state index contributed by atoms with van der Waals surface area (Å²) < 4.78 is 5.35. The minimum absolute atomic E-state index is 0.0768. The van der Waals surface area contributed by atoms with Gasteiger partial charge in [-0.3, -0.25) is 4.79 Å². The minimum Gasteiger partial charge on any atom is -0.496 e. The van der Waals surface area contributed by atoms with Gasteiger partial charge in [-0.15, -0.1) is 0 Å². The van der Waals surface area contributed by atoms with E-state index in [0.29, 0.717) is 6.42 Å². The van der Waals surface area contributed by atoms with Crippen molar-refractivity contribution in [3.8, 4) is 5.75 Å². The summed E-state index contributed by atoms with van der Waals surface area (Å²) in [5.41, 5.74) is 1.36. The fourth-order valence-corrected chi connectivity index (χ4v) is 2.99. The maximum atomic E-state index is 12.3. The molecule has 0 aliphatic heterocycles. The van der Waals surface area contributed by atoms with Crippen molar-refractivity contribution in [2.75, 3.05) is 7.11 Å². The highest BCUT2D eigenvalue weighted by Gasteiger charge is 2.46. The molecule has 1 aromatic rings. The van der Waals surface area contributed by atoms with Gasteiger partial charge < -0.3 is 9.84 Å². The Kier molecular flexibility index (Phi) is 3.43. The van der Waals surface area contributed by atoms with E-state index in [2.05, 4.69) is 0 Å². The Morgan fingerprint density at radius 1 is 1.42 bits per heavy atom. The first-order valence-corrected chi connectivity index (χ1v) is 6.77. The molecule has 1 N–H and O–H groups in total. The largest absolute Gasteiger partial charge is 0.496 e. The second kappa shape index (κ2) is 4.64. The summed E-state index contributed by atoms with van der Waals surface area (Å²) in [5.74, 6) is 0.716. The van der Waals surface area contributed by atoms with Gasteiger partial charge >= 0.3 is 0 Å². The van der Waals surface area contributed by atoms with Crippen LogP contribution in [0.2, 0.25) is 0 Å². The normalized spacial score (nSPS) is 26.5. The zero-order chi connectivity index (χ0) is 14.4. The van der Waals surface area contributed by atoms with Gasteiger partial charge in [-0.1, -0.05) is 20.8 Å². The number of hydrogen-bond donors (Lipinski definition) is 1. The number of ether oxygens (including phenoxy) is 1. The van der Waals surface area contributed by atoms with E-state index in [0.717, 1.165) is 22.4 Å². The number of methoxy groups -OCH3 is 1. The van der Waals surface area contributed by atoms with Gasteiger partial charge in [-0.2, -0.15) is 0 Å². The molecule has 104 valence electrons. The third-order valence-corrected chi connectivity index (χ3v) is 4.26. The Labute approximate surface area is 114 Å². The molecule has 0 bridgehead atoms. The number of hydrogen-bond acceptors (Lipinski definition) is 3. The first-order chi connectivity index (χ1) is 8.82. The molecular weight excluding hydrogens is 240 g/mol. The average Bonchev–Trinajstić information content (AvgIpc) is 2.35. The number of fused-ring (bicyclic) bond motifs is 1. The lowest BCUT2D eigenvalue weighted by molar-refractivity contribution is -0.145. The fraction of sp³-hybridized carbons (Fsp3) is 0.562. The fourth-order valence-electron chi connectivity index (χ4n) is 2.99. The molecule has 0 aromatic heterocycles. The molecule has 0 heterocycles. The zero-order valence-electron chi connectivity index (χ0n) is 12.3. The van der Waals surface area contributed by atoms with E-state index < -0.39 is 5.60 Å². The quantitative estimate of drug-likeness (QED) is 0.891. The van der Waals surface area contributed by atoms with Crippen LogP contribution in [-0.4, -0.2) is 18.0 Å². The van der Waals surface area contributed by atoms with E-state index in [1.807, 2.05) is 39.8 Å². The third-order valence-electron chi connectivity index (χ3n) is 4.26. The average molecular weight is 262 g/mol. The van der Waals surface area contributed by atoms with Crippen molar-refractivity contribution >= 4 is 5.78 Å². The molecule has 0 spiro atoms. The van der Waals surface area contributed by atoms with E-state index >= 15 is 0 Å². The van der Waals surface area contributed by atoms with Crippen LogP contribution in [0.15, 0.2) is 12.1 Å². The van der Waals surface area contributed by atoms with Gasteiger partial charge in [-0.05, 0) is 47.6 Å². The Bertz CT molecular complexity index is 519. The number of rotatable bonds is 2. The molecule has 19 heavy (non-hydrogen) atoms. The van der Waals surface area contributed by atoms with Gasteiger partial charge in [0, 0.05) is 6.42 Å².